The summed E-state index contributed by atoms with van der Waals surface area (Å²) in [6.07, 6.45) is 0. The molecule has 0 bridgehead atoms. The van der Waals surface area contributed by atoms with Crippen LogP contribution in [-0.4, -0.2) is 45.6 Å². The Morgan fingerprint density at radius 2 is 1.05 bits per heavy atom. The zero-order valence-corrected chi connectivity index (χ0v) is 27.1. The van der Waals surface area contributed by atoms with Crippen molar-refractivity contribution in [2.75, 3.05) is 11.5 Å². The Bertz CT molecular complexity index is 1970. The molecule has 3 aromatic carbocycles. The average Bonchev–Trinajstić information content (AvgIpc) is 2.87. The number of benzene rings is 3. The van der Waals surface area contributed by atoms with E-state index in [2.05, 4.69) is 11.6 Å². The highest BCUT2D eigenvalue weighted by Crippen LogP contribution is 2.30. The van der Waals surface area contributed by atoms with Gasteiger partial charge in [0.05, 0.1) is 27.0 Å². The molecule has 0 saturated heterocycles. The Morgan fingerprint density at radius 3 is 1.49 bits per heavy atom. The minimum Gasteiger partial charge on any atom is -0.289 e. The van der Waals surface area contributed by atoms with Gasteiger partial charge in [0.1, 0.15) is 5.70 Å². The summed E-state index contributed by atoms with van der Waals surface area (Å²) in [5.74, 6) is -2.29. The summed E-state index contributed by atoms with van der Waals surface area (Å²) in [6, 6.07) is 13.4. The first kappa shape index (κ1) is 32.0. The highest BCUT2D eigenvalue weighted by Gasteiger charge is 2.32. The van der Waals surface area contributed by atoms with Crippen LogP contribution in [0.5, 0.6) is 0 Å². The second-order valence-corrected chi connectivity index (χ2v) is 15.2. The molecule has 0 aliphatic heterocycles. The number of aliphatic imine (C=N–C) groups is 1. The first-order valence-corrected chi connectivity index (χ1v) is 17.0. The third kappa shape index (κ3) is 6.24. The van der Waals surface area contributed by atoms with E-state index in [0.29, 0.717) is 22.3 Å². The number of allylic oxidation sites excluding steroid dienone is 2. The average molecular weight is 618 g/mol. The van der Waals surface area contributed by atoms with Gasteiger partial charge in [0.2, 0.25) is 5.78 Å². The number of carbonyl (C=O) groups excluding carboxylic acids is 2. The third-order valence-corrected chi connectivity index (χ3v) is 11.4. The Labute approximate surface area is 253 Å². The van der Waals surface area contributed by atoms with Crippen molar-refractivity contribution in [1.29, 1.82) is 0 Å². The number of sulfone groups is 2. The van der Waals surface area contributed by atoms with Gasteiger partial charge in [-0.05, 0) is 76.3 Å². The molecule has 1 aliphatic carbocycles. The maximum absolute atomic E-state index is 13.9. The number of Topliss-reactive ketones (excluding diaryl/α,β-unsaturated/α-hetero) is 2. The molecule has 3 aromatic rings. The maximum Gasteiger partial charge on any atom is 0.212 e. The van der Waals surface area contributed by atoms with Gasteiger partial charge < -0.3 is 0 Å². The van der Waals surface area contributed by atoms with E-state index in [1.807, 2.05) is 13.8 Å². The molecule has 0 radical (unpaired) electrons. The molecule has 0 unspecified atom stereocenters. The standard InChI is InChI=1S/C34H35NO6S2/c1-19-13-21(3)33(22(4)14-19)42(38,39)17-25(7)29(18-43(40,41)34-23(5)15-20(2)16-24(34)6)35-30-26(8)31(36)27-11-9-10-12-28(27)32(30)37/h9-16H,7,17-18H2,1-6,8H3. The fraction of sp³-hybridized carbons (Fsp3) is 0.265. The van der Waals surface area contributed by atoms with Crippen molar-refractivity contribution < 1.29 is 26.4 Å². The van der Waals surface area contributed by atoms with E-state index >= 15 is 0 Å². The minimum absolute atomic E-state index is 0.0437. The quantitative estimate of drug-likeness (QED) is 0.281. The summed E-state index contributed by atoms with van der Waals surface area (Å²) in [5, 5.41) is 0. The van der Waals surface area contributed by atoms with E-state index in [4.69, 9.17) is 0 Å². The van der Waals surface area contributed by atoms with E-state index < -0.39 is 42.7 Å². The van der Waals surface area contributed by atoms with Crippen LogP contribution in [0.1, 0.15) is 61.0 Å². The van der Waals surface area contributed by atoms with Gasteiger partial charge in [0.25, 0.3) is 0 Å². The van der Waals surface area contributed by atoms with Crippen LogP contribution in [0.25, 0.3) is 0 Å². The molecule has 9 heteroatoms. The van der Waals surface area contributed by atoms with E-state index in [1.54, 1.807) is 70.2 Å². The minimum atomic E-state index is -4.09. The summed E-state index contributed by atoms with van der Waals surface area (Å²) in [6.45, 7) is 15.9. The van der Waals surface area contributed by atoms with E-state index in [9.17, 15) is 26.4 Å². The normalized spacial score (nSPS) is 14.3. The van der Waals surface area contributed by atoms with Crippen LogP contribution < -0.4 is 0 Å². The van der Waals surface area contributed by atoms with Crippen LogP contribution in [0, 0.1) is 41.5 Å². The van der Waals surface area contributed by atoms with E-state index in [1.165, 1.54) is 13.0 Å². The predicted octanol–water partition coefficient (Wildman–Crippen LogP) is 6.14. The molecule has 0 saturated carbocycles. The van der Waals surface area contributed by atoms with Crippen LogP contribution in [0.15, 0.2) is 86.7 Å². The molecule has 0 atom stereocenters. The lowest BCUT2D eigenvalue weighted by Gasteiger charge is -2.19. The van der Waals surface area contributed by atoms with Crippen molar-refractivity contribution in [2.45, 2.75) is 58.3 Å². The number of nitrogens with zero attached hydrogens (tertiary/aromatic N) is 1. The molecule has 4 rings (SSSR count). The molecule has 0 N–H and O–H groups in total. The van der Waals surface area contributed by atoms with Gasteiger partial charge in [0.15, 0.2) is 25.5 Å². The van der Waals surface area contributed by atoms with E-state index in [-0.39, 0.29) is 43.5 Å². The summed E-state index contributed by atoms with van der Waals surface area (Å²) in [5.41, 5.74) is 3.92. The summed E-state index contributed by atoms with van der Waals surface area (Å²) in [7, 11) is -8.09. The van der Waals surface area contributed by atoms with Gasteiger partial charge >= 0.3 is 0 Å². The lowest BCUT2D eigenvalue weighted by molar-refractivity contribution is 0.0974. The van der Waals surface area contributed by atoms with Crippen molar-refractivity contribution >= 4 is 37.0 Å². The van der Waals surface area contributed by atoms with Gasteiger partial charge in [-0.25, -0.2) is 21.8 Å². The molecule has 0 fully saturated rings. The highest BCUT2D eigenvalue weighted by atomic mass is 32.2. The van der Waals surface area contributed by atoms with Crippen LogP contribution in [-0.2, 0) is 19.7 Å². The van der Waals surface area contributed by atoms with Gasteiger partial charge in [-0.3, -0.25) is 9.59 Å². The highest BCUT2D eigenvalue weighted by molar-refractivity contribution is 7.92. The zero-order valence-electron chi connectivity index (χ0n) is 25.5. The molecule has 1 aliphatic rings. The van der Waals surface area contributed by atoms with Gasteiger partial charge in [-0.2, -0.15) is 0 Å². The first-order valence-electron chi connectivity index (χ1n) is 13.7. The monoisotopic (exact) mass is 617 g/mol. The lowest BCUT2D eigenvalue weighted by Crippen LogP contribution is -2.26. The molecule has 0 heterocycles. The van der Waals surface area contributed by atoms with Gasteiger partial charge in [-0.15, -0.1) is 0 Å². The molecular formula is C34H35NO6S2. The van der Waals surface area contributed by atoms with Crippen LogP contribution >= 0.6 is 0 Å². The molecule has 224 valence electrons. The largest absolute Gasteiger partial charge is 0.289 e. The van der Waals surface area contributed by atoms with Gasteiger partial charge in [-0.1, -0.05) is 66.2 Å². The Kier molecular flexibility index (Phi) is 8.64. The molecule has 0 amide bonds. The fourth-order valence-corrected chi connectivity index (χ4v) is 9.66. The van der Waals surface area contributed by atoms with Gasteiger partial charge in [0, 0.05) is 16.7 Å². The van der Waals surface area contributed by atoms with Crippen LogP contribution in [0.2, 0.25) is 0 Å². The Hall–Kier alpha value is -3.95. The Balaban J connectivity index is 1.88. The number of fused-ring (bicyclic) bond motifs is 1. The number of aryl methyl sites for hydroxylation is 6. The van der Waals surface area contributed by atoms with E-state index in [0.717, 1.165) is 11.1 Å². The Morgan fingerprint density at radius 1 is 0.651 bits per heavy atom. The molecule has 0 aromatic heterocycles. The molecule has 43 heavy (non-hydrogen) atoms. The van der Waals surface area contributed by atoms with Crippen molar-refractivity contribution in [3.8, 4) is 0 Å². The maximum atomic E-state index is 13.9. The van der Waals surface area contributed by atoms with Crippen molar-refractivity contribution in [1.82, 2.24) is 0 Å². The summed E-state index contributed by atoms with van der Waals surface area (Å²) in [4.78, 5) is 31.4. The van der Waals surface area contributed by atoms with Crippen molar-refractivity contribution in [3.05, 3.63) is 116 Å². The second-order valence-electron chi connectivity index (χ2n) is 11.3. The smallest absolute Gasteiger partial charge is 0.212 e. The van der Waals surface area contributed by atoms with Crippen LogP contribution in [0.4, 0.5) is 0 Å². The first-order chi connectivity index (χ1) is 19.9. The summed E-state index contributed by atoms with van der Waals surface area (Å²) < 4.78 is 55.3. The molecular weight excluding hydrogens is 583 g/mol. The predicted molar refractivity (Wildman–Crippen MR) is 170 cm³/mol. The number of rotatable bonds is 8. The number of hydrogen-bond donors (Lipinski definition) is 0. The zero-order chi connectivity index (χ0) is 32.0. The number of carbonyl (C=O) groups is 2. The molecule has 0 spiro atoms. The lowest BCUT2D eigenvalue weighted by atomic mass is 9.88. The summed E-state index contributed by atoms with van der Waals surface area (Å²) >= 11 is 0. The number of hydrogen-bond acceptors (Lipinski definition) is 7. The fourth-order valence-electron chi connectivity index (χ4n) is 5.92. The van der Waals surface area contributed by atoms with Crippen molar-refractivity contribution in [3.63, 3.8) is 0 Å². The van der Waals surface area contributed by atoms with Crippen molar-refractivity contribution in [2.24, 2.45) is 4.99 Å². The number of ketones is 2. The second kappa shape index (κ2) is 11.6. The SMILES string of the molecule is C=C(CS(=O)(=O)c1c(C)cc(C)cc1C)C(CS(=O)(=O)c1c(C)cc(C)cc1C)=NC1=C(C)C(=O)c2ccccc2C1=O. The topological polar surface area (TPSA) is 115 Å². The third-order valence-electron chi connectivity index (χ3n) is 7.50. The van der Waals surface area contributed by atoms with Crippen LogP contribution in [0.3, 0.4) is 0 Å². The molecule has 7 nitrogen and oxygen atoms in total.